The van der Waals surface area contributed by atoms with E-state index in [0.29, 0.717) is 18.5 Å². The maximum atomic E-state index is 13.9. The molecule has 39 heavy (non-hydrogen) atoms. The van der Waals surface area contributed by atoms with Gasteiger partial charge in [0.25, 0.3) is 5.24 Å². The average Bonchev–Trinajstić information content (AvgIpc) is 2.94. The van der Waals surface area contributed by atoms with Gasteiger partial charge in [-0.3, -0.25) is 19.7 Å². The minimum absolute atomic E-state index is 0.0183. The second-order valence-electron chi connectivity index (χ2n) is 9.64. The third kappa shape index (κ3) is 7.65. The first kappa shape index (κ1) is 28.3. The lowest BCUT2D eigenvalue weighted by Gasteiger charge is -2.33. The summed E-state index contributed by atoms with van der Waals surface area (Å²) >= 11 is 5.49. The Bertz CT molecular complexity index is 1240. The standard InChI is InChI=1S/C32H33ClN2O4/c1-35(31(37)29(24-10-4-2-5-11-24)25-12-6-3-7-13-25)27-14-8-9-15-28(34-22-27)32(38)39-21-20-23-16-18-26(19-17-23)30(33)36/h2-7,9-13,15-19,27-29,34H,8,14,20-22H2,1H3/b15-9-/t27-,28+/m0/s1. The molecular formula is C32H33ClN2O4. The van der Waals surface area contributed by atoms with Crippen LogP contribution in [0.1, 0.15) is 45.8 Å². The van der Waals surface area contributed by atoms with Crippen LogP contribution in [-0.2, 0) is 20.7 Å². The summed E-state index contributed by atoms with van der Waals surface area (Å²) in [7, 11) is 1.84. The van der Waals surface area contributed by atoms with Crippen molar-refractivity contribution in [3.63, 3.8) is 0 Å². The lowest BCUT2D eigenvalue weighted by Crippen LogP contribution is -2.49. The van der Waals surface area contributed by atoms with Gasteiger partial charge in [-0.05, 0) is 53.3 Å². The Morgan fingerprint density at radius 1 is 0.949 bits per heavy atom. The van der Waals surface area contributed by atoms with Gasteiger partial charge in [0, 0.05) is 31.6 Å². The molecule has 1 heterocycles. The van der Waals surface area contributed by atoms with E-state index < -0.39 is 17.2 Å². The summed E-state index contributed by atoms with van der Waals surface area (Å²) in [6, 6.07) is 25.9. The molecular weight excluding hydrogens is 512 g/mol. The Hall–Kier alpha value is -3.74. The van der Waals surface area contributed by atoms with E-state index in [1.807, 2.05) is 84.8 Å². The van der Waals surface area contributed by atoms with Crippen LogP contribution in [0.15, 0.2) is 97.1 Å². The van der Waals surface area contributed by atoms with Crippen molar-refractivity contribution >= 4 is 28.7 Å². The monoisotopic (exact) mass is 544 g/mol. The Morgan fingerprint density at radius 3 is 2.15 bits per heavy atom. The number of carbonyl (C=O) groups excluding carboxylic acids is 3. The van der Waals surface area contributed by atoms with Crippen molar-refractivity contribution in [2.24, 2.45) is 0 Å². The normalized spacial score (nSPS) is 18.0. The number of rotatable bonds is 9. The molecule has 1 aliphatic heterocycles. The van der Waals surface area contributed by atoms with E-state index in [1.165, 1.54) is 0 Å². The molecule has 0 radical (unpaired) electrons. The number of likely N-dealkylation sites (N-methyl/N-ethyl adjacent to an activating group) is 1. The molecule has 1 amide bonds. The minimum atomic E-state index is -0.591. The molecule has 2 atom stereocenters. The van der Waals surface area contributed by atoms with Gasteiger partial charge in [0.1, 0.15) is 6.04 Å². The van der Waals surface area contributed by atoms with Crippen molar-refractivity contribution in [1.82, 2.24) is 10.2 Å². The first-order valence-corrected chi connectivity index (χ1v) is 13.5. The highest BCUT2D eigenvalue weighted by Gasteiger charge is 2.30. The maximum absolute atomic E-state index is 13.9. The fourth-order valence-electron chi connectivity index (χ4n) is 4.76. The predicted molar refractivity (Wildman–Crippen MR) is 153 cm³/mol. The van der Waals surface area contributed by atoms with Crippen molar-refractivity contribution in [2.75, 3.05) is 20.2 Å². The molecule has 1 N–H and O–H groups in total. The summed E-state index contributed by atoms with van der Waals surface area (Å²) in [5.41, 5.74) is 3.27. The zero-order valence-corrected chi connectivity index (χ0v) is 22.7. The number of nitrogens with one attached hydrogen (secondary N) is 1. The highest BCUT2D eigenvalue weighted by atomic mass is 35.5. The zero-order valence-electron chi connectivity index (χ0n) is 22.0. The van der Waals surface area contributed by atoms with Crippen LogP contribution in [-0.4, -0.2) is 54.3 Å². The molecule has 0 fully saturated rings. The van der Waals surface area contributed by atoms with Crippen LogP contribution in [0, 0.1) is 0 Å². The molecule has 0 aromatic heterocycles. The Morgan fingerprint density at radius 2 is 1.56 bits per heavy atom. The average molecular weight is 545 g/mol. The molecule has 7 heteroatoms. The van der Waals surface area contributed by atoms with Gasteiger partial charge in [-0.1, -0.05) is 84.9 Å². The molecule has 0 saturated carbocycles. The number of ether oxygens (including phenoxy) is 1. The largest absolute Gasteiger partial charge is 0.464 e. The second-order valence-corrected chi connectivity index (χ2v) is 9.98. The first-order valence-electron chi connectivity index (χ1n) is 13.2. The van der Waals surface area contributed by atoms with E-state index in [1.54, 1.807) is 24.3 Å². The molecule has 202 valence electrons. The number of nitrogens with zero attached hydrogens (tertiary/aromatic N) is 1. The summed E-state index contributed by atoms with van der Waals surface area (Å²) in [6.07, 6.45) is 5.86. The van der Waals surface area contributed by atoms with Crippen LogP contribution >= 0.6 is 11.6 Å². The summed E-state index contributed by atoms with van der Waals surface area (Å²) in [5.74, 6) is -0.750. The molecule has 3 aromatic carbocycles. The van der Waals surface area contributed by atoms with Gasteiger partial charge in [0.15, 0.2) is 0 Å². The van der Waals surface area contributed by atoms with Crippen LogP contribution in [0.4, 0.5) is 0 Å². The van der Waals surface area contributed by atoms with Crippen molar-refractivity contribution in [3.05, 3.63) is 119 Å². The third-order valence-electron chi connectivity index (χ3n) is 7.05. The van der Waals surface area contributed by atoms with Gasteiger partial charge in [0.2, 0.25) is 5.91 Å². The molecule has 1 aliphatic rings. The quantitative estimate of drug-likeness (QED) is 0.230. The molecule has 0 saturated heterocycles. The van der Waals surface area contributed by atoms with Gasteiger partial charge in [-0.15, -0.1) is 0 Å². The molecule has 6 nitrogen and oxygen atoms in total. The van der Waals surface area contributed by atoms with Crippen LogP contribution in [0.3, 0.4) is 0 Å². The summed E-state index contributed by atoms with van der Waals surface area (Å²) in [5, 5.41) is 2.78. The predicted octanol–water partition coefficient (Wildman–Crippen LogP) is 5.12. The van der Waals surface area contributed by atoms with E-state index in [-0.39, 0.29) is 24.5 Å². The SMILES string of the molecule is CN(C(=O)C(c1ccccc1)c1ccccc1)[C@H]1CC/C=C\[C@H](C(=O)OCCc2ccc(C(=O)Cl)cc2)NC1. The molecule has 3 aromatic rings. The first-order chi connectivity index (χ1) is 18.9. The number of halogens is 1. The fourth-order valence-corrected chi connectivity index (χ4v) is 4.89. The van der Waals surface area contributed by atoms with Crippen molar-refractivity contribution in [3.8, 4) is 0 Å². The topological polar surface area (TPSA) is 75.7 Å². The highest BCUT2D eigenvalue weighted by Crippen LogP contribution is 2.28. The van der Waals surface area contributed by atoms with Gasteiger partial charge in [-0.25, -0.2) is 0 Å². The Kier molecular flexibility index (Phi) is 10.1. The lowest BCUT2D eigenvalue weighted by molar-refractivity contribution is -0.144. The van der Waals surface area contributed by atoms with E-state index in [2.05, 4.69) is 5.32 Å². The molecule has 4 rings (SSSR count). The number of benzene rings is 3. The smallest absolute Gasteiger partial charge is 0.327 e. The van der Waals surface area contributed by atoms with Crippen molar-refractivity contribution in [2.45, 2.75) is 37.3 Å². The third-order valence-corrected chi connectivity index (χ3v) is 7.26. The number of hydrogen-bond donors (Lipinski definition) is 1. The molecule has 0 bridgehead atoms. The molecule has 0 aliphatic carbocycles. The van der Waals surface area contributed by atoms with Gasteiger partial charge in [-0.2, -0.15) is 0 Å². The second kappa shape index (κ2) is 13.9. The van der Waals surface area contributed by atoms with Crippen LogP contribution in [0.2, 0.25) is 0 Å². The highest BCUT2D eigenvalue weighted by molar-refractivity contribution is 6.67. The number of amides is 1. The van der Waals surface area contributed by atoms with Crippen molar-refractivity contribution in [1.29, 1.82) is 0 Å². The number of hydrogen-bond acceptors (Lipinski definition) is 5. The summed E-state index contributed by atoms with van der Waals surface area (Å²) in [6.45, 7) is 0.688. The minimum Gasteiger partial charge on any atom is -0.464 e. The zero-order chi connectivity index (χ0) is 27.6. The van der Waals surface area contributed by atoms with E-state index in [4.69, 9.17) is 16.3 Å². The molecule has 0 spiro atoms. The maximum Gasteiger partial charge on any atom is 0.327 e. The van der Waals surface area contributed by atoms with Crippen LogP contribution in [0.25, 0.3) is 0 Å². The van der Waals surface area contributed by atoms with E-state index in [0.717, 1.165) is 29.5 Å². The summed E-state index contributed by atoms with van der Waals surface area (Å²) in [4.78, 5) is 39.7. The number of esters is 1. The van der Waals surface area contributed by atoms with E-state index >= 15 is 0 Å². The Balaban J connectivity index is 1.36. The van der Waals surface area contributed by atoms with Crippen LogP contribution in [0.5, 0.6) is 0 Å². The fraction of sp³-hybridized carbons (Fsp3) is 0.281. The van der Waals surface area contributed by atoms with Gasteiger partial charge < -0.3 is 9.64 Å². The van der Waals surface area contributed by atoms with Gasteiger partial charge >= 0.3 is 5.97 Å². The van der Waals surface area contributed by atoms with Gasteiger partial charge in [0.05, 0.1) is 12.5 Å². The van der Waals surface area contributed by atoms with E-state index in [9.17, 15) is 14.4 Å². The van der Waals surface area contributed by atoms with Crippen molar-refractivity contribution < 1.29 is 19.1 Å². The molecule has 0 unspecified atom stereocenters. The number of carbonyl (C=O) groups is 3. The summed E-state index contributed by atoms with van der Waals surface area (Å²) < 4.78 is 5.53. The lowest BCUT2D eigenvalue weighted by atomic mass is 9.89. The Labute approximate surface area is 234 Å². The van der Waals surface area contributed by atoms with Crippen LogP contribution < -0.4 is 5.32 Å². The number of allylic oxidation sites excluding steroid dienone is 1.